The summed E-state index contributed by atoms with van der Waals surface area (Å²) < 4.78 is 3.05. The standard InChI is InChI=1S/2C5H5.2CO.Co/c2*1-2-4-5-3-1;2*1-2;/h2*1-3H,4H2;;;. The molecule has 0 aromatic rings. The molecule has 2 rings (SSSR count). The van der Waals surface area contributed by atoms with E-state index in [1.165, 1.54) is 23.7 Å². The van der Waals surface area contributed by atoms with Gasteiger partial charge in [-0.3, -0.25) is 9.59 Å². The Labute approximate surface area is 96.4 Å². The third kappa shape index (κ3) is 5.29. The second-order valence-electron chi connectivity index (χ2n) is 2.52. The van der Waals surface area contributed by atoms with Gasteiger partial charge in [-0.05, 0) is 0 Å². The van der Waals surface area contributed by atoms with Gasteiger partial charge < -0.3 is 0 Å². The van der Waals surface area contributed by atoms with Gasteiger partial charge >= 0.3 is 73.0 Å². The van der Waals surface area contributed by atoms with Gasteiger partial charge in [0, 0.05) is 0 Å². The van der Waals surface area contributed by atoms with Crippen LogP contribution in [0.1, 0.15) is 12.8 Å². The zero-order valence-corrected chi connectivity index (χ0v) is 9.07. The van der Waals surface area contributed by atoms with Gasteiger partial charge in [-0.2, -0.15) is 0 Å². The molecule has 0 aromatic carbocycles. The molecule has 0 saturated carbocycles. The first-order chi connectivity index (χ1) is 7.45. The number of allylic oxidation sites excluding steroid dienone is 8. The van der Waals surface area contributed by atoms with Crippen molar-refractivity contribution in [1.29, 1.82) is 0 Å². The van der Waals surface area contributed by atoms with E-state index in [1.807, 2.05) is 0 Å². The molecule has 0 aromatic heterocycles. The molecule has 0 heterocycles. The molecule has 0 unspecified atom stereocenters. The fraction of sp³-hybridized carbons (Fsp3) is 0.167. The Kier molecular flexibility index (Phi) is 8.62. The third-order valence-corrected chi connectivity index (χ3v) is 3.07. The average molecular weight is 245 g/mol. The first kappa shape index (κ1) is 13.8. The SMILES string of the molecule is C1=CC[C]([Co][C]2=CC=CC2)=C1.[C]=O.[C]=O. The fourth-order valence-corrected chi connectivity index (χ4v) is 2.35. The summed E-state index contributed by atoms with van der Waals surface area (Å²) in [7, 11) is 0. The van der Waals surface area contributed by atoms with E-state index < -0.39 is 0 Å². The minimum Gasteiger partial charge on any atom is -0.281 e. The Balaban J connectivity index is 0.000000442. The minimum absolute atomic E-state index is 1.15. The van der Waals surface area contributed by atoms with Crippen LogP contribution >= 0.6 is 0 Å². The molecule has 15 heavy (non-hydrogen) atoms. The Hall–Kier alpha value is -1.19. The first-order valence-corrected chi connectivity index (χ1v) is 5.22. The molecule has 2 aliphatic rings. The van der Waals surface area contributed by atoms with E-state index >= 15 is 0 Å². The molecule has 0 fully saturated rings. The molecule has 3 heteroatoms. The molecule has 0 amide bonds. The molecular weight excluding hydrogens is 235 g/mol. The first-order valence-electron chi connectivity index (χ1n) is 4.18. The minimum atomic E-state index is 1.15. The van der Waals surface area contributed by atoms with Crippen molar-refractivity contribution in [3.63, 3.8) is 0 Å². The number of carbonyl (C=O) groups excluding carboxylic acids is 2. The smallest absolute Gasteiger partial charge is 0.281 e. The summed E-state index contributed by atoms with van der Waals surface area (Å²) in [6.07, 6.45) is 15.5. The van der Waals surface area contributed by atoms with E-state index in [0.717, 1.165) is 12.8 Å². The van der Waals surface area contributed by atoms with Crippen molar-refractivity contribution in [3.05, 3.63) is 45.5 Å². The van der Waals surface area contributed by atoms with E-state index in [2.05, 4.69) is 50.0 Å². The zero-order valence-electron chi connectivity index (χ0n) is 8.03. The van der Waals surface area contributed by atoms with Gasteiger partial charge in [-0.15, -0.1) is 0 Å². The maximum atomic E-state index is 7.50. The monoisotopic (exact) mass is 245 g/mol. The van der Waals surface area contributed by atoms with Crippen LogP contribution in [0.3, 0.4) is 0 Å². The maximum absolute atomic E-state index is 7.50. The topological polar surface area (TPSA) is 34.1 Å². The van der Waals surface area contributed by atoms with Crippen molar-refractivity contribution in [3.8, 4) is 0 Å². The molecule has 2 nitrogen and oxygen atoms in total. The predicted molar refractivity (Wildman–Crippen MR) is 55.1 cm³/mol. The van der Waals surface area contributed by atoms with Crippen molar-refractivity contribution in [2.45, 2.75) is 12.8 Å². The summed E-state index contributed by atoms with van der Waals surface area (Å²) in [5.41, 5.74) is 0. The van der Waals surface area contributed by atoms with Gasteiger partial charge in [-0.25, -0.2) is 0 Å². The fourth-order valence-electron chi connectivity index (χ4n) is 1.08. The van der Waals surface area contributed by atoms with Crippen LogP contribution in [0.4, 0.5) is 0 Å². The van der Waals surface area contributed by atoms with Crippen LogP contribution in [0.2, 0.25) is 0 Å². The number of rotatable bonds is 2. The summed E-state index contributed by atoms with van der Waals surface area (Å²) >= 11 is 1.45. The van der Waals surface area contributed by atoms with Crippen molar-refractivity contribution in [1.82, 2.24) is 0 Å². The third-order valence-electron chi connectivity index (χ3n) is 1.63. The van der Waals surface area contributed by atoms with Crippen LogP contribution in [0.15, 0.2) is 45.5 Å². The van der Waals surface area contributed by atoms with Crippen molar-refractivity contribution < 1.29 is 24.3 Å². The normalized spacial score (nSPS) is 16.0. The Morgan fingerprint density at radius 3 is 1.53 bits per heavy atom. The van der Waals surface area contributed by atoms with E-state index in [0.29, 0.717) is 0 Å². The molecule has 4 radical (unpaired) electrons. The van der Waals surface area contributed by atoms with Crippen molar-refractivity contribution >= 4 is 13.6 Å². The van der Waals surface area contributed by atoms with Crippen LogP contribution in [0.25, 0.3) is 0 Å². The molecule has 0 saturated heterocycles. The van der Waals surface area contributed by atoms with Crippen LogP contribution < -0.4 is 0 Å². The van der Waals surface area contributed by atoms with Crippen LogP contribution in [-0.4, -0.2) is 13.6 Å². The average Bonchev–Trinajstić information content (AvgIpc) is 2.98. The second kappa shape index (κ2) is 9.36. The molecule has 0 spiro atoms. The Morgan fingerprint density at radius 1 is 0.867 bits per heavy atom. The largest absolute Gasteiger partial charge is 0.281 e. The van der Waals surface area contributed by atoms with Crippen molar-refractivity contribution in [2.75, 3.05) is 0 Å². The van der Waals surface area contributed by atoms with Gasteiger partial charge in [0.1, 0.15) is 0 Å². The molecular formula is C12H10CoO2. The summed E-state index contributed by atoms with van der Waals surface area (Å²) in [5.74, 6) is 0. The Morgan fingerprint density at radius 2 is 1.27 bits per heavy atom. The van der Waals surface area contributed by atoms with Gasteiger partial charge in [0.05, 0.1) is 0 Å². The predicted octanol–water partition coefficient (Wildman–Crippen LogP) is 1.96. The Bertz CT molecular complexity index is 271. The molecule has 0 bridgehead atoms. The van der Waals surface area contributed by atoms with E-state index in [-0.39, 0.29) is 0 Å². The molecule has 79 valence electrons. The van der Waals surface area contributed by atoms with E-state index in [9.17, 15) is 0 Å². The molecule has 2 aliphatic carbocycles. The van der Waals surface area contributed by atoms with Crippen LogP contribution in [0.5, 0.6) is 0 Å². The maximum Gasteiger partial charge on any atom is 0.281 e. The van der Waals surface area contributed by atoms with Crippen molar-refractivity contribution in [2.24, 2.45) is 0 Å². The molecule has 0 N–H and O–H groups in total. The van der Waals surface area contributed by atoms with Crippen LogP contribution in [-0.2, 0) is 24.3 Å². The zero-order chi connectivity index (χ0) is 11.5. The van der Waals surface area contributed by atoms with E-state index in [1.54, 1.807) is 0 Å². The van der Waals surface area contributed by atoms with Gasteiger partial charge in [0.2, 0.25) is 0 Å². The van der Waals surface area contributed by atoms with E-state index in [4.69, 9.17) is 9.59 Å². The molecule has 0 aliphatic heterocycles. The van der Waals surface area contributed by atoms with Gasteiger partial charge in [-0.1, -0.05) is 0 Å². The second-order valence-corrected chi connectivity index (χ2v) is 4.12. The summed E-state index contributed by atoms with van der Waals surface area (Å²) in [6, 6.07) is 0. The summed E-state index contributed by atoms with van der Waals surface area (Å²) in [5, 5.41) is 0. The van der Waals surface area contributed by atoms with Gasteiger partial charge in [0.25, 0.3) is 13.6 Å². The summed E-state index contributed by atoms with van der Waals surface area (Å²) in [4.78, 5) is 15.0. The number of hydrogen-bond acceptors (Lipinski definition) is 2. The summed E-state index contributed by atoms with van der Waals surface area (Å²) in [6.45, 7) is 9.00. The quantitative estimate of drug-likeness (QED) is 0.745. The van der Waals surface area contributed by atoms with Crippen LogP contribution in [0, 0.1) is 0 Å². The molecule has 0 atom stereocenters. The number of hydrogen-bond donors (Lipinski definition) is 0. The van der Waals surface area contributed by atoms with Gasteiger partial charge in [0.15, 0.2) is 0 Å².